The third-order valence-electron chi connectivity index (χ3n) is 4.07. The van der Waals surface area contributed by atoms with Crippen molar-refractivity contribution in [1.29, 1.82) is 0 Å². The van der Waals surface area contributed by atoms with Gasteiger partial charge in [0.25, 0.3) is 0 Å². The summed E-state index contributed by atoms with van der Waals surface area (Å²) in [4.78, 5) is 4.56. The van der Waals surface area contributed by atoms with Crippen LogP contribution in [0.1, 0.15) is 35.2 Å². The SMILES string of the molecule is COc1c(C)cnc(Cn2ccc(CNC3CC3)c2)c1C. The molecule has 2 heterocycles. The first-order valence-corrected chi connectivity index (χ1v) is 7.54. The quantitative estimate of drug-likeness (QED) is 0.887. The number of rotatable bonds is 6. The number of ether oxygens (including phenoxy) is 1. The molecule has 0 atom stereocenters. The van der Waals surface area contributed by atoms with Crippen LogP contribution < -0.4 is 10.1 Å². The highest BCUT2D eigenvalue weighted by molar-refractivity contribution is 5.41. The van der Waals surface area contributed by atoms with Crippen LogP contribution in [0, 0.1) is 13.8 Å². The molecular weight excluding hydrogens is 262 g/mol. The van der Waals surface area contributed by atoms with Gasteiger partial charge in [-0.3, -0.25) is 4.98 Å². The molecule has 3 rings (SSSR count). The lowest BCUT2D eigenvalue weighted by Crippen LogP contribution is -2.14. The number of aryl methyl sites for hydroxylation is 1. The van der Waals surface area contributed by atoms with Gasteiger partial charge in [0, 0.05) is 42.3 Å². The number of pyridine rings is 1. The average Bonchev–Trinajstić information content (AvgIpc) is 3.20. The van der Waals surface area contributed by atoms with Crippen LogP contribution in [0.5, 0.6) is 5.75 Å². The van der Waals surface area contributed by atoms with Crippen LogP contribution in [-0.4, -0.2) is 22.7 Å². The summed E-state index contributed by atoms with van der Waals surface area (Å²) < 4.78 is 7.66. The van der Waals surface area contributed by atoms with E-state index in [1.165, 1.54) is 18.4 Å². The van der Waals surface area contributed by atoms with E-state index >= 15 is 0 Å². The van der Waals surface area contributed by atoms with Crippen LogP contribution >= 0.6 is 0 Å². The lowest BCUT2D eigenvalue weighted by Gasteiger charge is -2.12. The molecule has 0 spiro atoms. The number of nitrogens with zero attached hydrogens (tertiary/aromatic N) is 2. The molecule has 112 valence electrons. The number of aromatic nitrogens is 2. The number of methoxy groups -OCH3 is 1. The third-order valence-corrected chi connectivity index (χ3v) is 4.07. The molecule has 2 aromatic heterocycles. The fourth-order valence-corrected chi connectivity index (χ4v) is 2.65. The van der Waals surface area contributed by atoms with Crippen molar-refractivity contribution < 1.29 is 4.74 Å². The van der Waals surface area contributed by atoms with Crippen molar-refractivity contribution in [3.8, 4) is 5.75 Å². The molecule has 2 aromatic rings. The van der Waals surface area contributed by atoms with E-state index in [1.54, 1.807) is 7.11 Å². The molecule has 0 radical (unpaired) electrons. The van der Waals surface area contributed by atoms with Gasteiger partial charge in [-0.05, 0) is 38.3 Å². The summed E-state index contributed by atoms with van der Waals surface area (Å²) in [6, 6.07) is 2.93. The summed E-state index contributed by atoms with van der Waals surface area (Å²) in [5.41, 5.74) is 4.61. The lowest BCUT2D eigenvalue weighted by atomic mass is 10.1. The molecule has 1 N–H and O–H groups in total. The first-order valence-electron chi connectivity index (χ1n) is 7.54. The molecule has 0 bridgehead atoms. The van der Waals surface area contributed by atoms with Crippen molar-refractivity contribution in [2.75, 3.05) is 7.11 Å². The van der Waals surface area contributed by atoms with E-state index in [0.717, 1.165) is 41.7 Å². The van der Waals surface area contributed by atoms with Crippen molar-refractivity contribution in [2.24, 2.45) is 0 Å². The van der Waals surface area contributed by atoms with E-state index in [-0.39, 0.29) is 0 Å². The van der Waals surface area contributed by atoms with Crippen LogP contribution in [0.15, 0.2) is 24.7 Å². The van der Waals surface area contributed by atoms with Gasteiger partial charge in [-0.2, -0.15) is 0 Å². The van der Waals surface area contributed by atoms with Crippen molar-refractivity contribution in [1.82, 2.24) is 14.9 Å². The van der Waals surface area contributed by atoms with E-state index in [2.05, 4.69) is 40.3 Å². The summed E-state index contributed by atoms with van der Waals surface area (Å²) in [5.74, 6) is 0.947. The maximum absolute atomic E-state index is 5.47. The van der Waals surface area contributed by atoms with Gasteiger partial charge in [0.1, 0.15) is 5.75 Å². The Hall–Kier alpha value is -1.81. The largest absolute Gasteiger partial charge is 0.496 e. The van der Waals surface area contributed by atoms with Crippen molar-refractivity contribution in [3.05, 3.63) is 47.0 Å². The van der Waals surface area contributed by atoms with Gasteiger partial charge in [-0.25, -0.2) is 0 Å². The fraction of sp³-hybridized carbons (Fsp3) is 0.471. The standard InChI is InChI=1S/C17H23N3O/c1-12-8-19-16(13(2)17(12)21-3)11-20-7-6-14(10-20)9-18-15-4-5-15/h6-8,10,15,18H,4-5,9,11H2,1-3H3. The normalized spacial score (nSPS) is 14.4. The maximum Gasteiger partial charge on any atom is 0.128 e. The summed E-state index contributed by atoms with van der Waals surface area (Å²) in [5, 5.41) is 3.54. The zero-order valence-corrected chi connectivity index (χ0v) is 13.0. The molecule has 0 unspecified atom stereocenters. The molecular formula is C17H23N3O. The van der Waals surface area contributed by atoms with Gasteiger partial charge < -0.3 is 14.6 Å². The first kappa shape index (κ1) is 14.1. The van der Waals surface area contributed by atoms with E-state index in [4.69, 9.17) is 4.74 Å². The highest BCUT2D eigenvalue weighted by Gasteiger charge is 2.20. The van der Waals surface area contributed by atoms with Crippen molar-refractivity contribution in [2.45, 2.75) is 45.8 Å². The minimum absolute atomic E-state index is 0.749. The molecule has 1 aliphatic carbocycles. The summed E-state index contributed by atoms with van der Waals surface area (Å²) in [6.45, 7) is 5.85. The maximum atomic E-state index is 5.47. The second-order valence-corrected chi connectivity index (χ2v) is 5.89. The summed E-state index contributed by atoms with van der Waals surface area (Å²) >= 11 is 0. The molecule has 21 heavy (non-hydrogen) atoms. The second-order valence-electron chi connectivity index (χ2n) is 5.89. The molecule has 4 heteroatoms. The van der Waals surface area contributed by atoms with Crippen molar-refractivity contribution >= 4 is 0 Å². The topological polar surface area (TPSA) is 39.1 Å². The Bertz CT molecular complexity index is 629. The van der Waals surface area contributed by atoms with E-state index < -0.39 is 0 Å². The highest BCUT2D eigenvalue weighted by Crippen LogP contribution is 2.24. The van der Waals surface area contributed by atoms with Gasteiger partial charge in [0.15, 0.2) is 0 Å². The van der Waals surface area contributed by atoms with Crippen LogP contribution in [-0.2, 0) is 13.1 Å². The number of hydrogen-bond donors (Lipinski definition) is 1. The van der Waals surface area contributed by atoms with Gasteiger partial charge in [-0.1, -0.05) is 0 Å². The Morgan fingerprint density at radius 2 is 2.19 bits per heavy atom. The smallest absolute Gasteiger partial charge is 0.128 e. The lowest BCUT2D eigenvalue weighted by molar-refractivity contribution is 0.406. The van der Waals surface area contributed by atoms with E-state index in [9.17, 15) is 0 Å². The molecule has 1 fully saturated rings. The zero-order chi connectivity index (χ0) is 14.8. The predicted molar refractivity (Wildman–Crippen MR) is 83.7 cm³/mol. The zero-order valence-electron chi connectivity index (χ0n) is 13.0. The molecule has 1 aliphatic rings. The minimum atomic E-state index is 0.749. The van der Waals surface area contributed by atoms with Gasteiger partial charge in [0.2, 0.25) is 0 Å². The number of nitrogens with one attached hydrogen (secondary N) is 1. The molecule has 4 nitrogen and oxygen atoms in total. The van der Waals surface area contributed by atoms with Gasteiger partial charge in [-0.15, -0.1) is 0 Å². The molecule has 0 saturated heterocycles. The van der Waals surface area contributed by atoms with Crippen LogP contribution in [0.3, 0.4) is 0 Å². The Balaban J connectivity index is 1.71. The molecule has 0 aromatic carbocycles. The molecule has 1 saturated carbocycles. The van der Waals surface area contributed by atoms with Crippen LogP contribution in [0.4, 0.5) is 0 Å². The Morgan fingerprint density at radius 1 is 1.38 bits per heavy atom. The van der Waals surface area contributed by atoms with Gasteiger partial charge in [0.05, 0.1) is 19.3 Å². The van der Waals surface area contributed by atoms with Crippen LogP contribution in [0.25, 0.3) is 0 Å². The fourth-order valence-electron chi connectivity index (χ4n) is 2.65. The average molecular weight is 285 g/mol. The summed E-state index contributed by atoms with van der Waals surface area (Å²) in [6.07, 6.45) is 8.86. The van der Waals surface area contributed by atoms with E-state index in [1.807, 2.05) is 13.1 Å². The van der Waals surface area contributed by atoms with Crippen molar-refractivity contribution in [3.63, 3.8) is 0 Å². The minimum Gasteiger partial charge on any atom is -0.496 e. The summed E-state index contributed by atoms with van der Waals surface area (Å²) in [7, 11) is 1.72. The first-order chi connectivity index (χ1) is 10.2. The molecule has 0 amide bonds. The second kappa shape index (κ2) is 5.90. The Morgan fingerprint density at radius 3 is 2.90 bits per heavy atom. The number of hydrogen-bond acceptors (Lipinski definition) is 3. The molecule has 0 aliphatic heterocycles. The monoisotopic (exact) mass is 285 g/mol. The van der Waals surface area contributed by atoms with Gasteiger partial charge >= 0.3 is 0 Å². The van der Waals surface area contributed by atoms with E-state index in [0.29, 0.717) is 0 Å². The Labute approximate surface area is 126 Å². The third kappa shape index (κ3) is 3.27. The predicted octanol–water partition coefficient (Wildman–Crippen LogP) is 2.81. The van der Waals surface area contributed by atoms with Crippen LogP contribution in [0.2, 0.25) is 0 Å². The Kier molecular flexibility index (Phi) is 3.97. The highest BCUT2D eigenvalue weighted by atomic mass is 16.5.